The molecule has 0 aromatic rings. The molecule has 0 radical (unpaired) electrons. The summed E-state index contributed by atoms with van der Waals surface area (Å²) < 4.78 is 0. The van der Waals surface area contributed by atoms with E-state index in [1.54, 1.807) is 6.92 Å². The minimum atomic E-state index is -0.200. The van der Waals surface area contributed by atoms with Crippen LogP contribution in [-0.2, 0) is 9.59 Å². The van der Waals surface area contributed by atoms with Crippen LogP contribution >= 0.6 is 0 Å². The Morgan fingerprint density at radius 1 is 1.20 bits per heavy atom. The highest BCUT2D eigenvalue weighted by molar-refractivity contribution is 5.94. The van der Waals surface area contributed by atoms with Gasteiger partial charge in [-0.2, -0.15) is 0 Å². The summed E-state index contributed by atoms with van der Waals surface area (Å²) in [6, 6.07) is -0.00273. The van der Waals surface area contributed by atoms with E-state index in [4.69, 9.17) is 5.73 Å². The highest BCUT2D eigenvalue weighted by Crippen LogP contribution is 2.04. The summed E-state index contributed by atoms with van der Waals surface area (Å²) in [6.45, 7) is 6.52. The number of nitrogens with two attached hydrogens (primary N) is 1. The SMILES string of the molecule is CC(=O)NC(N)=NCCCCCCN(C)[C@H](C)C(C)=O. The minimum Gasteiger partial charge on any atom is -0.370 e. The van der Waals surface area contributed by atoms with Gasteiger partial charge < -0.3 is 5.73 Å². The smallest absolute Gasteiger partial charge is 0.223 e. The molecular weight excluding hydrogens is 256 g/mol. The van der Waals surface area contributed by atoms with Gasteiger partial charge in [0.1, 0.15) is 5.78 Å². The largest absolute Gasteiger partial charge is 0.370 e. The Balaban J connectivity index is 3.59. The second-order valence-electron chi connectivity index (χ2n) is 5.13. The number of nitrogens with zero attached hydrogens (tertiary/aromatic N) is 2. The van der Waals surface area contributed by atoms with E-state index in [-0.39, 0.29) is 23.7 Å². The van der Waals surface area contributed by atoms with E-state index in [9.17, 15) is 9.59 Å². The fourth-order valence-electron chi connectivity index (χ4n) is 1.75. The lowest BCUT2D eigenvalue weighted by Gasteiger charge is -2.22. The number of guanidine groups is 1. The van der Waals surface area contributed by atoms with Crippen LogP contribution in [0.5, 0.6) is 0 Å². The summed E-state index contributed by atoms with van der Waals surface area (Å²) >= 11 is 0. The zero-order chi connectivity index (χ0) is 15.5. The molecule has 20 heavy (non-hydrogen) atoms. The molecule has 0 aliphatic heterocycles. The molecule has 6 nitrogen and oxygen atoms in total. The molecule has 6 heteroatoms. The predicted octanol–water partition coefficient (Wildman–Crippen LogP) is 0.907. The van der Waals surface area contributed by atoms with E-state index in [0.717, 1.165) is 32.2 Å². The van der Waals surface area contributed by atoms with E-state index < -0.39 is 0 Å². The third-order valence-electron chi connectivity index (χ3n) is 3.25. The van der Waals surface area contributed by atoms with Gasteiger partial charge in [0.15, 0.2) is 5.96 Å². The first-order valence-electron chi connectivity index (χ1n) is 7.12. The normalized spacial score (nSPS) is 13.3. The molecule has 1 atom stereocenters. The van der Waals surface area contributed by atoms with E-state index in [1.165, 1.54) is 6.92 Å². The lowest BCUT2D eigenvalue weighted by Crippen LogP contribution is -2.35. The van der Waals surface area contributed by atoms with Crippen LogP contribution < -0.4 is 11.1 Å². The van der Waals surface area contributed by atoms with Crippen LogP contribution in [-0.4, -0.2) is 48.7 Å². The molecule has 0 aromatic heterocycles. The summed E-state index contributed by atoms with van der Waals surface area (Å²) in [5.74, 6) is 0.191. The van der Waals surface area contributed by atoms with Crippen molar-refractivity contribution < 1.29 is 9.59 Å². The number of likely N-dealkylation sites (N-methyl/N-ethyl adjacent to an activating group) is 1. The van der Waals surface area contributed by atoms with Gasteiger partial charge in [-0.1, -0.05) is 12.8 Å². The van der Waals surface area contributed by atoms with Gasteiger partial charge in [0.05, 0.1) is 6.04 Å². The number of rotatable bonds is 9. The van der Waals surface area contributed by atoms with Crippen molar-refractivity contribution in [3.63, 3.8) is 0 Å². The lowest BCUT2D eigenvalue weighted by molar-refractivity contribution is -0.121. The Labute approximate surface area is 121 Å². The maximum Gasteiger partial charge on any atom is 0.223 e. The zero-order valence-electron chi connectivity index (χ0n) is 13.1. The summed E-state index contributed by atoms with van der Waals surface area (Å²) in [5.41, 5.74) is 5.50. The number of aliphatic imine (C=N–C) groups is 1. The molecule has 116 valence electrons. The Morgan fingerprint density at radius 2 is 1.80 bits per heavy atom. The van der Waals surface area contributed by atoms with E-state index in [0.29, 0.717) is 6.54 Å². The van der Waals surface area contributed by atoms with E-state index in [2.05, 4.69) is 15.2 Å². The molecule has 1 amide bonds. The number of Topliss-reactive ketones (excluding diaryl/α,β-unsaturated/α-hetero) is 1. The standard InChI is InChI=1S/C14H28N4O2/c1-11(12(2)19)18(4)10-8-6-5-7-9-16-14(15)17-13(3)20/h11H,5-10H2,1-4H3,(H3,15,16,17,20)/t11-/m1/s1. The van der Waals surface area contributed by atoms with Crippen molar-refractivity contribution in [2.45, 2.75) is 52.5 Å². The first kappa shape index (κ1) is 18.6. The number of ketones is 1. The second kappa shape index (κ2) is 10.4. The van der Waals surface area contributed by atoms with Gasteiger partial charge in [-0.05, 0) is 40.3 Å². The van der Waals surface area contributed by atoms with Crippen LogP contribution in [0.15, 0.2) is 4.99 Å². The maximum absolute atomic E-state index is 11.2. The molecule has 0 aliphatic carbocycles. The second-order valence-corrected chi connectivity index (χ2v) is 5.13. The van der Waals surface area contributed by atoms with E-state index >= 15 is 0 Å². The number of nitrogens with one attached hydrogen (secondary N) is 1. The summed E-state index contributed by atoms with van der Waals surface area (Å²) in [7, 11) is 1.98. The Kier molecular flexibility index (Phi) is 9.63. The third-order valence-corrected chi connectivity index (χ3v) is 3.25. The van der Waals surface area contributed by atoms with Crippen LogP contribution in [0.25, 0.3) is 0 Å². The molecule has 0 saturated carbocycles. The number of carbonyl (C=O) groups excluding carboxylic acids is 2. The minimum absolute atomic E-state index is 0.00273. The van der Waals surface area contributed by atoms with Crippen LogP contribution in [0.4, 0.5) is 0 Å². The molecule has 0 fully saturated rings. The molecule has 0 aromatic carbocycles. The van der Waals surface area contributed by atoms with Crippen molar-refractivity contribution in [2.24, 2.45) is 10.7 Å². The van der Waals surface area contributed by atoms with Crippen molar-refractivity contribution in [1.82, 2.24) is 10.2 Å². The molecule has 0 bridgehead atoms. The van der Waals surface area contributed by atoms with Gasteiger partial charge in [-0.3, -0.25) is 24.8 Å². The topological polar surface area (TPSA) is 87.8 Å². The zero-order valence-corrected chi connectivity index (χ0v) is 13.1. The molecule has 0 heterocycles. The van der Waals surface area contributed by atoms with Crippen LogP contribution in [0, 0.1) is 0 Å². The fourth-order valence-corrected chi connectivity index (χ4v) is 1.75. The van der Waals surface area contributed by atoms with Gasteiger partial charge in [-0.25, -0.2) is 0 Å². The van der Waals surface area contributed by atoms with Crippen molar-refractivity contribution in [3.8, 4) is 0 Å². The Bertz CT molecular complexity index is 342. The van der Waals surface area contributed by atoms with Crippen molar-refractivity contribution in [1.29, 1.82) is 0 Å². The molecule has 0 saturated heterocycles. The van der Waals surface area contributed by atoms with Crippen LogP contribution in [0.1, 0.15) is 46.5 Å². The van der Waals surface area contributed by atoms with Crippen molar-refractivity contribution in [3.05, 3.63) is 0 Å². The van der Waals surface area contributed by atoms with Crippen LogP contribution in [0.2, 0.25) is 0 Å². The first-order chi connectivity index (χ1) is 9.34. The highest BCUT2D eigenvalue weighted by Gasteiger charge is 2.12. The lowest BCUT2D eigenvalue weighted by atomic mass is 10.1. The highest BCUT2D eigenvalue weighted by atomic mass is 16.1. The van der Waals surface area contributed by atoms with Gasteiger partial charge in [-0.15, -0.1) is 0 Å². The average molecular weight is 284 g/mol. The summed E-state index contributed by atoms with van der Waals surface area (Å²) in [4.78, 5) is 28.0. The Morgan fingerprint density at radius 3 is 2.35 bits per heavy atom. The first-order valence-corrected chi connectivity index (χ1v) is 7.12. The number of unbranched alkanes of at least 4 members (excludes halogenated alkanes) is 3. The van der Waals surface area contributed by atoms with Crippen LogP contribution in [0.3, 0.4) is 0 Å². The van der Waals surface area contributed by atoms with Crippen molar-refractivity contribution >= 4 is 17.6 Å². The summed E-state index contributed by atoms with van der Waals surface area (Å²) in [5, 5.41) is 2.43. The molecule has 0 spiro atoms. The number of amides is 1. The van der Waals surface area contributed by atoms with E-state index in [1.807, 2.05) is 14.0 Å². The third kappa shape index (κ3) is 9.49. The predicted molar refractivity (Wildman–Crippen MR) is 81.5 cm³/mol. The molecule has 0 aliphatic rings. The number of carbonyl (C=O) groups is 2. The van der Waals surface area contributed by atoms with Gasteiger partial charge in [0, 0.05) is 13.5 Å². The number of hydrogen-bond acceptors (Lipinski definition) is 4. The van der Waals surface area contributed by atoms with Gasteiger partial charge in [0.25, 0.3) is 0 Å². The van der Waals surface area contributed by atoms with Crippen molar-refractivity contribution in [2.75, 3.05) is 20.1 Å². The quantitative estimate of drug-likeness (QED) is 0.374. The average Bonchev–Trinajstić information content (AvgIpc) is 2.35. The van der Waals surface area contributed by atoms with Gasteiger partial charge >= 0.3 is 0 Å². The molecule has 0 rings (SSSR count). The molecular formula is C14H28N4O2. The van der Waals surface area contributed by atoms with Gasteiger partial charge in [0.2, 0.25) is 5.91 Å². The molecule has 0 unspecified atom stereocenters. The molecule has 3 N–H and O–H groups in total. The Hall–Kier alpha value is -1.43. The fraction of sp³-hybridized carbons (Fsp3) is 0.786. The summed E-state index contributed by atoms with van der Waals surface area (Å²) in [6.07, 6.45) is 4.19. The monoisotopic (exact) mass is 284 g/mol. The maximum atomic E-state index is 11.2. The number of hydrogen-bond donors (Lipinski definition) is 2.